The summed E-state index contributed by atoms with van der Waals surface area (Å²) in [5.41, 5.74) is 0.870. The molecule has 1 aromatic rings. The number of carbonyl (C=O) groups excluding carboxylic acids is 1. The number of nitrogens with one attached hydrogen (secondary N) is 2. The Balaban J connectivity index is 1.81. The van der Waals surface area contributed by atoms with E-state index in [1.165, 1.54) is 0 Å². The third-order valence-electron chi connectivity index (χ3n) is 4.95. The SMILES string of the molecule is CCOc1ccc(NC(=NC)NCCCN2CCCC2C(=O)N(C)C)cc1OC. The highest BCUT2D eigenvalue weighted by Crippen LogP contribution is 2.30. The lowest BCUT2D eigenvalue weighted by Gasteiger charge is -2.26. The van der Waals surface area contributed by atoms with Crippen molar-refractivity contribution in [3.8, 4) is 11.5 Å². The number of likely N-dealkylation sites (N-methyl/N-ethyl adjacent to an activating group) is 1. The van der Waals surface area contributed by atoms with Gasteiger partial charge < -0.3 is 25.0 Å². The lowest BCUT2D eigenvalue weighted by atomic mass is 10.2. The standard InChI is InChI=1S/C21H35N5O3/c1-6-29-18-11-10-16(15-19(18)28-5)24-21(22-2)23-12-8-14-26-13-7-9-17(26)20(27)25(3)4/h10-11,15,17H,6-9,12-14H2,1-5H3,(H2,22,23,24). The van der Waals surface area contributed by atoms with E-state index in [1.807, 2.05) is 39.2 Å². The number of amides is 1. The van der Waals surface area contributed by atoms with E-state index in [1.54, 1.807) is 19.1 Å². The molecule has 29 heavy (non-hydrogen) atoms. The maximum absolute atomic E-state index is 12.3. The number of anilines is 1. The number of hydrogen-bond donors (Lipinski definition) is 2. The largest absolute Gasteiger partial charge is 0.493 e. The summed E-state index contributed by atoms with van der Waals surface area (Å²) in [7, 11) is 7.02. The summed E-state index contributed by atoms with van der Waals surface area (Å²) in [6.07, 6.45) is 2.97. The molecule has 8 nitrogen and oxygen atoms in total. The van der Waals surface area contributed by atoms with Crippen LogP contribution >= 0.6 is 0 Å². The second kappa shape index (κ2) is 11.5. The fraction of sp³-hybridized carbons (Fsp3) is 0.619. The van der Waals surface area contributed by atoms with Gasteiger partial charge in [0.1, 0.15) is 0 Å². The minimum atomic E-state index is 0.0266. The zero-order chi connectivity index (χ0) is 21.2. The third-order valence-corrected chi connectivity index (χ3v) is 4.95. The van der Waals surface area contributed by atoms with Crippen LogP contribution in [0, 0.1) is 0 Å². The Morgan fingerprint density at radius 2 is 2.14 bits per heavy atom. The fourth-order valence-corrected chi connectivity index (χ4v) is 3.50. The van der Waals surface area contributed by atoms with Crippen LogP contribution < -0.4 is 20.1 Å². The molecule has 1 unspecified atom stereocenters. The van der Waals surface area contributed by atoms with Gasteiger partial charge in [-0.25, -0.2) is 0 Å². The summed E-state index contributed by atoms with van der Waals surface area (Å²) in [6.45, 7) is 5.18. The molecule has 0 spiro atoms. The van der Waals surface area contributed by atoms with E-state index >= 15 is 0 Å². The molecule has 1 atom stereocenters. The minimum absolute atomic E-state index is 0.0266. The smallest absolute Gasteiger partial charge is 0.239 e. The predicted molar refractivity (Wildman–Crippen MR) is 117 cm³/mol. The average molecular weight is 406 g/mol. The first-order valence-corrected chi connectivity index (χ1v) is 10.2. The van der Waals surface area contributed by atoms with Crippen molar-refractivity contribution >= 4 is 17.6 Å². The van der Waals surface area contributed by atoms with Gasteiger partial charge in [0.05, 0.1) is 19.8 Å². The highest BCUT2D eigenvalue weighted by atomic mass is 16.5. The molecule has 1 aliphatic heterocycles. The van der Waals surface area contributed by atoms with Crippen LogP contribution in [0.25, 0.3) is 0 Å². The summed E-state index contributed by atoms with van der Waals surface area (Å²) in [4.78, 5) is 20.5. The molecule has 1 aromatic carbocycles. The van der Waals surface area contributed by atoms with Crippen LogP contribution in [0.15, 0.2) is 23.2 Å². The van der Waals surface area contributed by atoms with E-state index in [4.69, 9.17) is 9.47 Å². The zero-order valence-electron chi connectivity index (χ0n) is 18.3. The minimum Gasteiger partial charge on any atom is -0.493 e. The van der Waals surface area contributed by atoms with Gasteiger partial charge in [0, 0.05) is 46.0 Å². The van der Waals surface area contributed by atoms with Crippen molar-refractivity contribution in [2.45, 2.75) is 32.2 Å². The Labute approximate surface area is 174 Å². The second-order valence-corrected chi connectivity index (χ2v) is 7.20. The summed E-state index contributed by atoms with van der Waals surface area (Å²) in [5.74, 6) is 2.30. The molecule has 1 heterocycles. The van der Waals surface area contributed by atoms with Gasteiger partial charge in [-0.2, -0.15) is 0 Å². The number of carbonyl (C=O) groups is 1. The molecule has 1 fully saturated rings. The molecular weight excluding hydrogens is 370 g/mol. The van der Waals surface area contributed by atoms with Crippen LogP contribution in [0.4, 0.5) is 5.69 Å². The summed E-state index contributed by atoms with van der Waals surface area (Å²) in [6, 6.07) is 5.73. The Bertz CT molecular complexity index is 693. The first-order valence-electron chi connectivity index (χ1n) is 10.2. The number of aliphatic imine (C=N–C) groups is 1. The number of guanidine groups is 1. The van der Waals surface area contributed by atoms with Gasteiger partial charge in [0.15, 0.2) is 17.5 Å². The van der Waals surface area contributed by atoms with Crippen LogP contribution in [0.5, 0.6) is 11.5 Å². The van der Waals surface area contributed by atoms with Gasteiger partial charge in [0.2, 0.25) is 5.91 Å². The number of rotatable bonds is 9. The predicted octanol–water partition coefficient (Wildman–Crippen LogP) is 2.02. The molecule has 1 saturated heterocycles. The van der Waals surface area contributed by atoms with Crippen LogP contribution in [0.3, 0.4) is 0 Å². The van der Waals surface area contributed by atoms with E-state index < -0.39 is 0 Å². The summed E-state index contributed by atoms with van der Waals surface area (Å²) in [5, 5.41) is 6.60. The number of likely N-dealkylation sites (tertiary alicyclic amines) is 1. The molecule has 2 N–H and O–H groups in total. The molecule has 1 amide bonds. The van der Waals surface area contributed by atoms with Crippen molar-refractivity contribution in [2.75, 3.05) is 59.8 Å². The normalized spacial score (nSPS) is 17.1. The van der Waals surface area contributed by atoms with Gasteiger partial charge in [-0.3, -0.25) is 14.7 Å². The second-order valence-electron chi connectivity index (χ2n) is 7.20. The number of ether oxygens (including phenoxy) is 2. The van der Waals surface area contributed by atoms with Gasteiger partial charge >= 0.3 is 0 Å². The Hall–Kier alpha value is -2.48. The van der Waals surface area contributed by atoms with Crippen molar-refractivity contribution in [3.05, 3.63) is 18.2 Å². The molecule has 8 heteroatoms. The lowest BCUT2D eigenvalue weighted by Crippen LogP contribution is -2.43. The van der Waals surface area contributed by atoms with E-state index in [0.29, 0.717) is 18.3 Å². The zero-order valence-corrected chi connectivity index (χ0v) is 18.3. The van der Waals surface area contributed by atoms with Gasteiger partial charge in [-0.1, -0.05) is 0 Å². The first kappa shape index (κ1) is 22.8. The molecule has 162 valence electrons. The van der Waals surface area contributed by atoms with E-state index in [2.05, 4.69) is 20.5 Å². The number of benzene rings is 1. The van der Waals surface area contributed by atoms with E-state index in [-0.39, 0.29) is 11.9 Å². The Morgan fingerprint density at radius 3 is 2.79 bits per heavy atom. The molecule has 0 aromatic heterocycles. The molecular formula is C21H35N5O3. The van der Waals surface area contributed by atoms with Crippen molar-refractivity contribution < 1.29 is 14.3 Å². The number of hydrogen-bond acceptors (Lipinski definition) is 5. The van der Waals surface area contributed by atoms with Crippen LogP contribution in [0.2, 0.25) is 0 Å². The Morgan fingerprint density at radius 1 is 1.34 bits per heavy atom. The summed E-state index contributed by atoms with van der Waals surface area (Å²) >= 11 is 0. The number of methoxy groups -OCH3 is 1. The average Bonchev–Trinajstić information content (AvgIpc) is 3.19. The first-order chi connectivity index (χ1) is 14.0. The van der Waals surface area contributed by atoms with Gasteiger partial charge in [-0.15, -0.1) is 0 Å². The maximum Gasteiger partial charge on any atom is 0.239 e. The van der Waals surface area contributed by atoms with Gasteiger partial charge in [-0.05, 0) is 44.9 Å². The van der Waals surface area contributed by atoms with Crippen LogP contribution in [0.1, 0.15) is 26.2 Å². The van der Waals surface area contributed by atoms with Gasteiger partial charge in [0.25, 0.3) is 0 Å². The molecule has 0 saturated carbocycles. The Kier molecular flexibility index (Phi) is 9.05. The highest BCUT2D eigenvalue weighted by molar-refractivity contribution is 5.93. The van der Waals surface area contributed by atoms with Crippen molar-refractivity contribution in [3.63, 3.8) is 0 Å². The van der Waals surface area contributed by atoms with E-state index in [9.17, 15) is 4.79 Å². The highest BCUT2D eigenvalue weighted by Gasteiger charge is 2.30. The molecule has 0 bridgehead atoms. The van der Waals surface area contributed by atoms with Crippen molar-refractivity contribution in [2.24, 2.45) is 4.99 Å². The van der Waals surface area contributed by atoms with Crippen LogP contribution in [-0.4, -0.2) is 82.2 Å². The van der Waals surface area contributed by atoms with Crippen molar-refractivity contribution in [1.82, 2.24) is 15.1 Å². The fourth-order valence-electron chi connectivity index (χ4n) is 3.50. The lowest BCUT2D eigenvalue weighted by molar-refractivity contribution is -0.133. The topological polar surface area (TPSA) is 78.4 Å². The molecule has 0 radical (unpaired) electrons. The van der Waals surface area contributed by atoms with Crippen molar-refractivity contribution in [1.29, 1.82) is 0 Å². The monoisotopic (exact) mass is 405 g/mol. The molecule has 0 aliphatic carbocycles. The molecule has 1 aliphatic rings. The quantitative estimate of drug-likeness (QED) is 0.372. The van der Waals surface area contributed by atoms with E-state index in [0.717, 1.165) is 50.3 Å². The number of nitrogens with zero attached hydrogens (tertiary/aromatic N) is 3. The third kappa shape index (κ3) is 6.52. The molecule has 2 rings (SSSR count). The summed E-state index contributed by atoms with van der Waals surface area (Å²) < 4.78 is 10.9. The maximum atomic E-state index is 12.3. The van der Waals surface area contributed by atoms with Crippen LogP contribution in [-0.2, 0) is 4.79 Å².